The van der Waals surface area contributed by atoms with Crippen LogP contribution in [0.25, 0.3) is 11.1 Å². The molecule has 7 heteroatoms. The standard InChI is InChI=1S/C22H25N3O4/c26-20(12-13-21(27)28)24-18-9-6-15(7-10-18)16-8-11-19(23-14-16)22(29)25-17-4-2-1-3-5-17/h6-11,14,17H,1-5,12-13H2,(H,24,26)(H,25,29)(H,27,28). The van der Waals surface area contributed by atoms with Crippen LogP contribution in [0.2, 0.25) is 0 Å². The molecule has 1 saturated carbocycles. The summed E-state index contributed by atoms with van der Waals surface area (Å²) in [7, 11) is 0. The molecule has 1 aromatic carbocycles. The molecule has 1 aliphatic rings. The zero-order valence-corrected chi connectivity index (χ0v) is 16.2. The minimum Gasteiger partial charge on any atom is -0.481 e. The highest BCUT2D eigenvalue weighted by atomic mass is 16.4. The van der Waals surface area contributed by atoms with Crippen LogP contribution < -0.4 is 10.6 Å². The smallest absolute Gasteiger partial charge is 0.303 e. The number of carboxylic acids is 1. The Morgan fingerprint density at radius 3 is 2.24 bits per heavy atom. The number of hydrogen-bond donors (Lipinski definition) is 3. The summed E-state index contributed by atoms with van der Waals surface area (Å²) in [6.07, 6.45) is 7.02. The number of carbonyl (C=O) groups is 3. The fourth-order valence-corrected chi connectivity index (χ4v) is 3.40. The molecular weight excluding hydrogens is 370 g/mol. The molecular formula is C22H25N3O4. The molecule has 1 heterocycles. The quantitative estimate of drug-likeness (QED) is 0.664. The number of rotatable bonds is 7. The number of benzene rings is 1. The van der Waals surface area contributed by atoms with Crippen molar-refractivity contribution in [2.24, 2.45) is 0 Å². The molecule has 0 saturated heterocycles. The van der Waals surface area contributed by atoms with E-state index in [0.717, 1.165) is 36.8 Å². The molecule has 1 fully saturated rings. The van der Waals surface area contributed by atoms with Crippen molar-refractivity contribution in [3.8, 4) is 11.1 Å². The summed E-state index contributed by atoms with van der Waals surface area (Å²) in [5, 5.41) is 14.3. The number of anilines is 1. The van der Waals surface area contributed by atoms with Crippen molar-refractivity contribution in [2.45, 2.75) is 51.0 Å². The van der Waals surface area contributed by atoms with Crippen molar-refractivity contribution in [1.29, 1.82) is 0 Å². The van der Waals surface area contributed by atoms with Crippen LogP contribution in [-0.4, -0.2) is 33.9 Å². The van der Waals surface area contributed by atoms with Crippen molar-refractivity contribution in [3.05, 3.63) is 48.3 Å². The van der Waals surface area contributed by atoms with Crippen molar-refractivity contribution in [2.75, 3.05) is 5.32 Å². The molecule has 0 spiro atoms. The predicted octanol–water partition coefficient (Wildman–Crippen LogP) is 3.61. The first-order valence-corrected chi connectivity index (χ1v) is 9.90. The highest BCUT2D eigenvalue weighted by molar-refractivity contribution is 5.93. The molecule has 29 heavy (non-hydrogen) atoms. The number of carboxylic acid groups (broad SMARTS) is 1. The topological polar surface area (TPSA) is 108 Å². The number of pyridine rings is 1. The summed E-state index contributed by atoms with van der Waals surface area (Å²) < 4.78 is 0. The highest BCUT2D eigenvalue weighted by Crippen LogP contribution is 2.22. The Balaban J connectivity index is 1.57. The molecule has 152 valence electrons. The maximum absolute atomic E-state index is 12.4. The van der Waals surface area contributed by atoms with Gasteiger partial charge in [-0.2, -0.15) is 0 Å². The number of aromatic nitrogens is 1. The van der Waals surface area contributed by atoms with Crippen molar-refractivity contribution < 1.29 is 19.5 Å². The minimum atomic E-state index is -1.00. The molecule has 0 radical (unpaired) electrons. The van der Waals surface area contributed by atoms with Crippen LogP contribution in [0, 0.1) is 0 Å². The lowest BCUT2D eigenvalue weighted by Gasteiger charge is -2.22. The van der Waals surface area contributed by atoms with Gasteiger partial charge in [0.2, 0.25) is 5.91 Å². The van der Waals surface area contributed by atoms with E-state index in [9.17, 15) is 14.4 Å². The Kier molecular flexibility index (Phi) is 6.94. The van der Waals surface area contributed by atoms with Gasteiger partial charge in [-0.25, -0.2) is 0 Å². The van der Waals surface area contributed by atoms with Gasteiger partial charge >= 0.3 is 5.97 Å². The van der Waals surface area contributed by atoms with Gasteiger partial charge in [0.15, 0.2) is 0 Å². The predicted molar refractivity (Wildman–Crippen MR) is 110 cm³/mol. The molecule has 3 N–H and O–H groups in total. The van der Waals surface area contributed by atoms with Crippen LogP contribution in [0.15, 0.2) is 42.6 Å². The summed E-state index contributed by atoms with van der Waals surface area (Å²) in [4.78, 5) is 38.9. The third-order valence-electron chi connectivity index (χ3n) is 5.00. The summed E-state index contributed by atoms with van der Waals surface area (Å²) in [6.45, 7) is 0. The molecule has 0 unspecified atom stereocenters. The summed E-state index contributed by atoms with van der Waals surface area (Å²) >= 11 is 0. The normalized spacial score (nSPS) is 14.2. The molecule has 2 amide bonds. The van der Waals surface area contributed by atoms with E-state index in [2.05, 4.69) is 15.6 Å². The molecule has 0 bridgehead atoms. The number of nitrogens with one attached hydrogen (secondary N) is 2. The average molecular weight is 395 g/mol. The van der Waals surface area contributed by atoms with Gasteiger partial charge in [-0.1, -0.05) is 37.5 Å². The van der Waals surface area contributed by atoms with Crippen LogP contribution in [0.4, 0.5) is 5.69 Å². The number of amides is 2. The van der Waals surface area contributed by atoms with E-state index in [0.29, 0.717) is 11.4 Å². The van der Waals surface area contributed by atoms with Crippen LogP contribution in [0.3, 0.4) is 0 Å². The maximum Gasteiger partial charge on any atom is 0.303 e. The third kappa shape index (κ3) is 6.14. The number of hydrogen-bond acceptors (Lipinski definition) is 4. The summed E-state index contributed by atoms with van der Waals surface area (Å²) in [5.74, 6) is -1.48. The van der Waals surface area contributed by atoms with Crippen molar-refractivity contribution >= 4 is 23.5 Å². The number of carbonyl (C=O) groups excluding carboxylic acids is 2. The van der Waals surface area contributed by atoms with E-state index in [1.54, 1.807) is 24.4 Å². The van der Waals surface area contributed by atoms with Gasteiger partial charge in [-0.3, -0.25) is 19.4 Å². The summed E-state index contributed by atoms with van der Waals surface area (Å²) in [5.41, 5.74) is 2.77. The van der Waals surface area contributed by atoms with Gasteiger partial charge in [-0.15, -0.1) is 0 Å². The first-order valence-electron chi connectivity index (χ1n) is 9.90. The van der Waals surface area contributed by atoms with Crippen molar-refractivity contribution in [3.63, 3.8) is 0 Å². The molecule has 1 aliphatic carbocycles. The van der Waals surface area contributed by atoms with Gasteiger partial charge in [0.05, 0.1) is 6.42 Å². The molecule has 0 aliphatic heterocycles. The van der Waals surface area contributed by atoms with Gasteiger partial charge in [-0.05, 0) is 36.6 Å². The van der Waals surface area contributed by atoms with Crippen LogP contribution in [0.5, 0.6) is 0 Å². The molecule has 3 rings (SSSR count). The SMILES string of the molecule is O=C(O)CCC(=O)Nc1ccc(-c2ccc(C(=O)NC3CCCCC3)nc2)cc1. The Hall–Kier alpha value is -3.22. The van der Waals surface area contributed by atoms with E-state index < -0.39 is 5.97 Å². The fraction of sp³-hybridized carbons (Fsp3) is 0.364. The van der Waals surface area contributed by atoms with E-state index in [1.165, 1.54) is 6.42 Å². The van der Waals surface area contributed by atoms with Gasteiger partial charge in [0, 0.05) is 29.9 Å². The highest BCUT2D eigenvalue weighted by Gasteiger charge is 2.17. The first kappa shape index (κ1) is 20.5. The second kappa shape index (κ2) is 9.82. The average Bonchev–Trinajstić information content (AvgIpc) is 2.74. The third-order valence-corrected chi connectivity index (χ3v) is 5.00. The Bertz CT molecular complexity index is 857. The van der Waals surface area contributed by atoms with Crippen molar-refractivity contribution in [1.82, 2.24) is 10.3 Å². The Labute approximate surface area is 169 Å². The largest absolute Gasteiger partial charge is 0.481 e. The second-order valence-corrected chi connectivity index (χ2v) is 7.26. The van der Waals surface area contributed by atoms with Gasteiger partial charge < -0.3 is 15.7 Å². The Morgan fingerprint density at radius 2 is 1.62 bits per heavy atom. The molecule has 2 aromatic rings. The number of aliphatic carboxylic acids is 1. The fourth-order valence-electron chi connectivity index (χ4n) is 3.40. The Morgan fingerprint density at radius 1 is 0.931 bits per heavy atom. The molecule has 0 atom stereocenters. The van der Waals surface area contributed by atoms with Crippen LogP contribution >= 0.6 is 0 Å². The van der Waals surface area contributed by atoms with E-state index in [4.69, 9.17) is 5.11 Å². The number of nitrogens with zero attached hydrogens (tertiary/aromatic N) is 1. The maximum atomic E-state index is 12.4. The van der Waals surface area contributed by atoms with Gasteiger partial charge in [0.25, 0.3) is 5.91 Å². The lowest BCUT2D eigenvalue weighted by Crippen LogP contribution is -2.36. The zero-order chi connectivity index (χ0) is 20.6. The minimum absolute atomic E-state index is 0.0641. The lowest BCUT2D eigenvalue weighted by molar-refractivity contribution is -0.138. The van der Waals surface area contributed by atoms with E-state index in [1.807, 2.05) is 18.2 Å². The lowest BCUT2D eigenvalue weighted by atomic mass is 9.95. The van der Waals surface area contributed by atoms with Gasteiger partial charge in [0.1, 0.15) is 5.69 Å². The summed E-state index contributed by atoms with van der Waals surface area (Å²) in [6, 6.07) is 11.0. The van der Waals surface area contributed by atoms with Crippen LogP contribution in [-0.2, 0) is 9.59 Å². The molecule has 1 aromatic heterocycles. The van der Waals surface area contributed by atoms with E-state index >= 15 is 0 Å². The van der Waals surface area contributed by atoms with E-state index in [-0.39, 0.29) is 30.7 Å². The molecule has 7 nitrogen and oxygen atoms in total. The first-order chi connectivity index (χ1) is 14.0. The van der Waals surface area contributed by atoms with Crippen LogP contribution in [0.1, 0.15) is 55.4 Å². The monoisotopic (exact) mass is 395 g/mol. The second-order valence-electron chi connectivity index (χ2n) is 7.26. The zero-order valence-electron chi connectivity index (χ0n) is 16.2.